The summed E-state index contributed by atoms with van der Waals surface area (Å²) in [5.74, 6) is 5.27. The average molecular weight is 313 g/mol. The minimum absolute atomic E-state index is 0.139. The SMILES string of the molecule is Cn1cnc(C(Cc2cc(F)cc(Br)c2)NN)c1. The van der Waals surface area contributed by atoms with Crippen molar-refractivity contribution in [1.82, 2.24) is 15.0 Å². The molecule has 0 aliphatic rings. The van der Waals surface area contributed by atoms with Crippen LogP contribution in [0.3, 0.4) is 0 Å². The van der Waals surface area contributed by atoms with Crippen LogP contribution < -0.4 is 11.3 Å². The molecule has 2 rings (SSSR count). The van der Waals surface area contributed by atoms with Gasteiger partial charge in [-0.3, -0.25) is 11.3 Å². The van der Waals surface area contributed by atoms with E-state index < -0.39 is 0 Å². The van der Waals surface area contributed by atoms with E-state index in [1.165, 1.54) is 12.1 Å². The first kappa shape index (κ1) is 13.2. The summed E-state index contributed by atoms with van der Waals surface area (Å²) in [6.07, 6.45) is 4.17. The van der Waals surface area contributed by atoms with E-state index in [4.69, 9.17) is 5.84 Å². The standard InChI is InChI=1S/C12H14BrFN4/c1-18-6-12(16-7-18)11(17-15)4-8-2-9(13)5-10(14)3-8/h2-3,5-7,11,17H,4,15H2,1H3. The van der Waals surface area contributed by atoms with Crippen LogP contribution >= 0.6 is 15.9 Å². The molecule has 96 valence electrons. The van der Waals surface area contributed by atoms with E-state index in [1.807, 2.05) is 23.9 Å². The molecule has 2 aromatic rings. The highest BCUT2D eigenvalue weighted by atomic mass is 79.9. The van der Waals surface area contributed by atoms with Gasteiger partial charge in [0.15, 0.2) is 0 Å². The van der Waals surface area contributed by atoms with Crippen molar-refractivity contribution in [2.75, 3.05) is 0 Å². The molecule has 0 amide bonds. The van der Waals surface area contributed by atoms with Crippen LogP contribution in [0, 0.1) is 5.82 Å². The molecule has 1 aromatic carbocycles. The third-order valence-corrected chi connectivity index (χ3v) is 3.10. The van der Waals surface area contributed by atoms with Gasteiger partial charge >= 0.3 is 0 Å². The summed E-state index contributed by atoms with van der Waals surface area (Å²) < 4.78 is 15.9. The number of imidazole rings is 1. The number of halogens is 2. The molecule has 0 spiro atoms. The summed E-state index contributed by atoms with van der Waals surface area (Å²) in [6, 6.07) is 4.66. The highest BCUT2D eigenvalue weighted by Gasteiger charge is 2.14. The lowest BCUT2D eigenvalue weighted by atomic mass is 10.0. The molecule has 0 fully saturated rings. The second-order valence-electron chi connectivity index (χ2n) is 4.17. The van der Waals surface area contributed by atoms with E-state index in [-0.39, 0.29) is 11.9 Å². The number of hydrazine groups is 1. The fraction of sp³-hybridized carbons (Fsp3) is 0.250. The molecule has 4 nitrogen and oxygen atoms in total. The number of aromatic nitrogens is 2. The van der Waals surface area contributed by atoms with Crippen molar-refractivity contribution in [2.24, 2.45) is 12.9 Å². The lowest BCUT2D eigenvalue weighted by Gasteiger charge is -2.13. The zero-order chi connectivity index (χ0) is 13.1. The maximum Gasteiger partial charge on any atom is 0.124 e. The molecule has 1 aromatic heterocycles. The lowest BCUT2D eigenvalue weighted by Crippen LogP contribution is -2.29. The predicted molar refractivity (Wildman–Crippen MR) is 71.1 cm³/mol. The van der Waals surface area contributed by atoms with Gasteiger partial charge in [0, 0.05) is 17.7 Å². The zero-order valence-electron chi connectivity index (χ0n) is 9.90. The van der Waals surface area contributed by atoms with Gasteiger partial charge in [-0.25, -0.2) is 9.37 Å². The van der Waals surface area contributed by atoms with E-state index in [1.54, 1.807) is 6.33 Å². The third-order valence-electron chi connectivity index (χ3n) is 2.65. The number of hydrogen-bond acceptors (Lipinski definition) is 3. The first-order valence-corrected chi connectivity index (χ1v) is 6.26. The van der Waals surface area contributed by atoms with Crippen LogP contribution in [-0.4, -0.2) is 9.55 Å². The van der Waals surface area contributed by atoms with Crippen molar-refractivity contribution in [1.29, 1.82) is 0 Å². The first-order valence-electron chi connectivity index (χ1n) is 5.47. The average Bonchev–Trinajstić information content (AvgIpc) is 2.71. The molecule has 3 N–H and O–H groups in total. The Morgan fingerprint density at radius 2 is 2.28 bits per heavy atom. The van der Waals surface area contributed by atoms with Crippen LogP contribution in [0.4, 0.5) is 4.39 Å². The van der Waals surface area contributed by atoms with Gasteiger partial charge in [0.2, 0.25) is 0 Å². The Morgan fingerprint density at radius 1 is 1.50 bits per heavy atom. The summed E-state index contributed by atoms with van der Waals surface area (Å²) >= 11 is 3.27. The quantitative estimate of drug-likeness (QED) is 0.671. The van der Waals surface area contributed by atoms with Crippen LogP contribution in [-0.2, 0) is 13.5 Å². The van der Waals surface area contributed by atoms with Crippen molar-refractivity contribution < 1.29 is 4.39 Å². The van der Waals surface area contributed by atoms with E-state index in [2.05, 4.69) is 26.3 Å². The van der Waals surface area contributed by atoms with Crippen LogP contribution in [0.2, 0.25) is 0 Å². The molecule has 0 bridgehead atoms. The van der Waals surface area contributed by atoms with Gasteiger partial charge in [-0.1, -0.05) is 15.9 Å². The summed E-state index contributed by atoms with van der Waals surface area (Å²) in [6.45, 7) is 0. The number of nitrogens with zero attached hydrogens (tertiary/aromatic N) is 2. The van der Waals surface area contributed by atoms with E-state index in [9.17, 15) is 4.39 Å². The predicted octanol–water partition coefficient (Wildman–Crippen LogP) is 2.07. The maximum absolute atomic E-state index is 13.3. The molecule has 0 aliphatic carbocycles. The van der Waals surface area contributed by atoms with Crippen molar-refractivity contribution in [2.45, 2.75) is 12.5 Å². The molecule has 0 radical (unpaired) electrons. The van der Waals surface area contributed by atoms with E-state index in [0.29, 0.717) is 10.9 Å². The van der Waals surface area contributed by atoms with Crippen molar-refractivity contribution >= 4 is 15.9 Å². The second kappa shape index (κ2) is 5.60. The van der Waals surface area contributed by atoms with Gasteiger partial charge in [0.25, 0.3) is 0 Å². The summed E-state index contributed by atoms with van der Waals surface area (Å²) in [5.41, 5.74) is 4.40. The van der Waals surface area contributed by atoms with E-state index >= 15 is 0 Å². The number of hydrogen-bond donors (Lipinski definition) is 2. The maximum atomic E-state index is 13.3. The van der Waals surface area contributed by atoms with Crippen molar-refractivity contribution in [3.63, 3.8) is 0 Å². The summed E-state index contributed by atoms with van der Waals surface area (Å²) in [7, 11) is 1.89. The molecule has 1 atom stereocenters. The number of nitrogens with two attached hydrogens (primary N) is 1. The highest BCUT2D eigenvalue weighted by Crippen LogP contribution is 2.20. The molecule has 0 saturated heterocycles. The number of benzene rings is 1. The molecule has 1 heterocycles. The third kappa shape index (κ3) is 3.16. The van der Waals surface area contributed by atoms with Gasteiger partial charge in [0.1, 0.15) is 5.82 Å². The fourth-order valence-electron chi connectivity index (χ4n) is 1.83. The van der Waals surface area contributed by atoms with E-state index in [0.717, 1.165) is 11.3 Å². The molecule has 0 aliphatic heterocycles. The summed E-state index contributed by atoms with van der Waals surface area (Å²) in [5, 5.41) is 0. The van der Waals surface area contributed by atoms with Gasteiger partial charge in [-0.15, -0.1) is 0 Å². The molecule has 0 saturated carbocycles. The van der Waals surface area contributed by atoms with Gasteiger partial charge < -0.3 is 4.57 Å². The van der Waals surface area contributed by atoms with Crippen LogP contribution in [0.5, 0.6) is 0 Å². The Labute approximate surface area is 113 Å². The van der Waals surface area contributed by atoms with Gasteiger partial charge in [-0.05, 0) is 30.2 Å². The number of rotatable bonds is 4. The Balaban J connectivity index is 2.20. The number of nitrogens with one attached hydrogen (secondary N) is 1. The van der Waals surface area contributed by atoms with Crippen molar-refractivity contribution in [3.8, 4) is 0 Å². The normalized spacial score (nSPS) is 12.7. The largest absolute Gasteiger partial charge is 0.340 e. The highest BCUT2D eigenvalue weighted by molar-refractivity contribution is 9.10. The first-order chi connectivity index (χ1) is 8.58. The fourth-order valence-corrected chi connectivity index (χ4v) is 2.34. The van der Waals surface area contributed by atoms with Gasteiger partial charge in [0.05, 0.1) is 18.1 Å². The van der Waals surface area contributed by atoms with Crippen LogP contribution in [0.15, 0.2) is 35.2 Å². The topological polar surface area (TPSA) is 55.9 Å². The number of aryl methyl sites for hydroxylation is 1. The Bertz CT molecular complexity index is 520. The molecule has 6 heteroatoms. The molecule has 18 heavy (non-hydrogen) atoms. The van der Waals surface area contributed by atoms with Crippen molar-refractivity contribution in [3.05, 3.63) is 52.3 Å². The molecular weight excluding hydrogens is 299 g/mol. The lowest BCUT2D eigenvalue weighted by molar-refractivity contribution is 0.537. The second-order valence-corrected chi connectivity index (χ2v) is 5.08. The Kier molecular flexibility index (Phi) is 4.11. The van der Waals surface area contributed by atoms with Crippen LogP contribution in [0.25, 0.3) is 0 Å². The van der Waals surface area contributed by atoms with Crippen LogP contribution in [0.1, 0.15) is 17.3 Å². The Hall–Kier alpha value is -1.24. The minimum Gasteiger partial charge on any atom is -0.340 e. The van der Waals surface area contributed by atoms with Gasteiger partial charge in [-0.2, -0.15) is 0 Å². The Morgan fingerprint density at radius 3 is 2.83 bits per heavy atom. The zero-order valence-corrected chi connectivity index (χ0v) is 11.5. The minimum atomic E-state index is -0.267. The summed E-state index contributed by atoms with van der Waals surface area (Å²) in [4.78, 5) is 4.24. The molecular formula is C12H14BrFN4. The molecule has 1 unspecified atom stereocenters. The monoisotopic (exact) mass is 312 g/mol. The smallest absolute Gasteiger partial charge is 0.124 e.